The number of hydrogen-bond acceptors (Lipinski definition) is 5. The molecular formula is C34H23F5O4S. The molecule has 0 saturated heterocycles. The molecule has 5 aromatic carbocycles. The minimum absolute atomic E-state index is 0.105. The smallest absolute Gasteiger partial charge is 0.449 e. The molecule has 4 nitrogen and oxygen atoms in total. The van der Waals surface area contributed by atoms with E-state index in [0.29, 0.717) is 11.3 Å². The van der Waals surface area contributed by atoms with Crippen LogP contribution in [0.1, 0.15) is 15.9 Å². The minimum atomic E-state index is -5.66. The molecule has 0 fully saturated rings. The Hall–Kier alpha value is -4.83. The Morgan fingerprint density at radius 3 is 1.68 bits per heavy atom. The summed E-state index contributed by atoms with van der Waals surface area (Å²) in [5.74, 6) is -0.851. The van der Waals surface area contributed by atoms with Crippen molar-refractivity contribution in [1.29, 1.82) is 0 Å². The van der Waals surface area contributed by atoms with Crippen LogP contribution in [0.4, 0.5) is 22.0 Å². The number of halogens is 5. The lowest BCUT2D eigenvalue weighted by Gasteiger charge is -2.30. The van der Waals surface area contributed by atoms with E-state index in [1.807, 2.05) is 30.3 Å². The number of ketones is 1. The molecule has 5 aromatic rings. The van der Waals surface area contributed by atoms with Crippen LogP contribution >= 0.6 is 11.8 Å². The number of carbonyl (C=O) groups is 1. The van der Waals surface area contributed by atoms with Gasteiger partial charge in [-0.05, 0) is 84.9 Å². The fourth-order valence-corrected chi connectivity index (χ4v) is 4.84. The van der Waals surface area contributed by atoms with Crippen molar-refractivity contribution in [2.24, 2.45) is 0 Å². The SMILES string of the molecule is O=C(c1ccc(OC(F)(Oc2cccc(Oc3ccccc3)c2)C(F)C(F)(F)F)cc1)c1ccc(Sc2ccccc2)cc1. The molecule has 0 aliphatic carbocycles. The van der Waals surface area contributed by atoms with Crippen LogP contribution in [-0.2, 0) is 0 Å². The van der Waals surface area contributed by atoms with E-state index in [1.54, 1.807) is 54.6 Å². The zero-order valence-corrected chi connectivity index (χ0v) is 23.5. The van der Waals surface area contributed by atoms with Crippen molar-refractivity contribution in [2.75, 3.05) is 0 Å². The van der Waals surface area contributed by atoms with Crippen LogP contribution in [0.3, 0.4) is 0 Å². The van der Waals surface area contributed by atoms with Crippen molar-refractivity contribution in [3.63, 3.8) is 0 Å². The van der Waals surface area contributed by atoms with Gasteiger partial charge in [-0.3, -0.25) is 4.79 Å². The Labute approximate surface area is 254 Å². The minimum Gasteiger partial charge on any atom is -0.457 e. The Morgan fingerprint density at radius 1 is 0.568 bits per heavy atom. The van der Waals surface area contributed by atoms with Gasteiger partial charge in [-0.2, -0.15) is 17.6 Å². The average molecular weight is 623 g/mol. The molecular weight excluding hydrogens is 599 g/mol. The van der Waals surface area contributed by atoms with Gasteiger partial charge in [-0.1, -0.05) is 54.2 Å². The highest BCUT2D eigenvalue weighted by Gasteiger charge is 2.61. The summed E-state index contributed by atoms with van der Waals surface area (Å²) >= 11 is 1.52. The lowest BCUT2D eigenvalue weighted by atomic mass is 10.0. The molecule has 0 saturated carbocycles. The molecule has 2 unspecified atom stereocenters. The Kier molecular flexibility index (Phi) is 9.20. The van der Waals surface area contributed by atoms with Crippen molar-refractivity contribution in [2.45, 2.75) is 28.2 Å². The molecule has 2 atom stereocenters. The van der Waals surface area contributed by atoms with E-state index < -0.39 is 29.9 Å². The lowest BCUT2D eigenvalue weighted by Crippen LogP contribution is -2.53. The number of ether oxygens (including phenoxy) is 3. The van der Waals surface area contributed by atoms with E-state index in [-0.39, 0.29) is 17.1 Å². The van der Waals surface area contributed by atoms with Crippen LogP contribution in [0, 0.1) is 0 Å². The summed E-state index contributed by atoms with van der Waals surface area (Å²) in [5, 5.41) is 0. The average Bonchev–Trinajstić information content (AvgIpc) is 3.02. The molecule has 44 heavy (non-hydrogen) atoms. The number of carbonyl (C=O) groups excluding carboxylic acids is 1. The van der Waals surface area contributed by atoms with E-state index in [4.69, 9.17) is 14.2 Å². The van der Waals surface area contributed by atoms with Crippen molar-refractivity contribution in [3.05, 3.63) is 145 Å². The fraction of sp³-hybridized carbons (Fsp3) is 0.0882. The first-order valence-electron chi connectivity index (χ1n) is 13.2. The van der Waals surface area contributed by atoms with Gasteiger partial charge < -0.3 is 14.2 Å². The summed E-state index contributed by atoms with van der Waals surface area (Å²) in [7, 11) is 0. The standard InChI is InChI=1S/C34H23F5O4S/c35-32(33(36,37)38)34(39,43-28-11-7-10-27(22-28)41-25-8-3-1-4-9-25)42-26-18-14-23(15-19-26)31(40)24-16-20-30(21-17-24)44-29-12-5-2-6-13-29/h1-22,32H. The first kappa shape index (κ1) is 30.6. The highest BCUT2D eigenvalue weighted by molar-refractivity contribution is 7.99. The summed E-state index contributed by atoms with van der Waals surface area (Å²) in [4.78, 5) is 14.9. The zero-order chi connectivity index (χ0) is 31.2. The second-order valence-corrected chi connectivity index (χ2v) is 10.5. The largest absolute Gasteiger partial charge is 0.457 e. The van der Waals surface area contributed by atoms with E-state index >= 15 is 4.39 Å². The highest BCUT2D eigenvalue weighted by Crippen LogP contribution is 2.38. The van der Waals surface area contributed by atoms with Crippen molar-refractivity contribution in [3.8, 4) is 23.0 Å². The third-order valence-electron chi connectivity index (χ3n) is 6.10. The zero-order valence-electron chi connectivity index (χ0n) is 22.7. The maximum Gasteiger partial charge on any atom is 0.449 e. The van der Waals surface area contributed by atoms with Crippen LogP contribution in [-0.4, -0.2) is 24.2 Å². The van der Waals surface area contributed by atoms with Gasteiger partial charge in [0.25, 0.3) is 0 Å². The molecule has 0 aliphatic rings. The molecule has 0 aliphatic heterocycles. The highest BCUT2D eigenvalue weighted by atomic mass is 32.2. The van der Waals surface area contributed by atoms with Gasteiger partial charge in [-0.25, -0.2) is 4.39 Å². The van der Waals surface area contributed by atoms with Crippen molar-refractivity contribution < 1.29 is 41.0 Å². The summed E-state index contributed by atoms with van der Waals surface area (Å²) in [5.41, 5.74) is 0.516. The van der Waals surface area contributed by atoms with Gasteiger partial charge in [0, 0.05) is 27.0 Å². The number of benzene rings is 5. The predicted molar refractivity (Wildman–Crippen MR) is 156 cm³/mol. The van der Waals surface area contributed by atoms with Crippen molar-refractivity contribution in [1.82, 2.24) is 0 Å². The maximum atomic E-state index is 15.7. The molecule has 5 rings (SSSR count). The van der Waals surface area contributed by atoms with Gasteiger partial charge in [0.05, 0.1) is 0 Å². The molecule has 0 bridgehead atoms. The van der Waals surface area contributed by atoms with Gasteiger partial charge in [0.15, 0.2) is 5.78 Å². The topological polar surface area (TPSA) is 44.8 Å². The molecule has 0 heterocycles. The Balaban J connectivity index is 1.30. The van der Waals surface area contributed by atoms with Gasteiger partial charge in [0.1, 0.15) is 23.0 Å². The van der Waals surface area contributed by atoms with Crippen molar-refractivity contribution >= 4 is 17.5 Å². The molecule has 0 spiro atoms. The first-order chi connectivity index (χ1) is 21.1. The van der Waals surface area contributed by atoms with E-state index in [9.17, 15) is 22.4 Å². The maximum absolute atomic E-state index is 15.7. The molecule has 10 heteroatoms. The molecule has 0 N–H and O–H groups in total. The molecule has 0 amide bonds. The van der Waals surface area contributed by atoms with E-state index in [0.717, 1.165) is 34.1 Å². The Morgan fingerprint density at radius 2 is 1.07 bits per heavy atom. The van der Waals surface area contributed by atoms with Gasteiger partial charge in [0.2, 0.25) is 0 Å². The van der Waals surface area contributed by atoms with Crippen LogP contribution in [0.15, 0.2) is 143 Å². The predicted octanol–water partition coefficient (Wildman–Crippen LogP) is 9.84. The Bertz CT molecular complexity index is 1680. The monoisotopic (exact) mass is 622 g/mol. The van der Waals surface area contributed by atoms with E-state index in [2.05, 4.69) is 0 Å². The van der Waals surface area contributed by atoms with Crippen LogP contribution in [0.25, 0.3) is 0 Å². The van der Waals surface area contributed by atoms with Crippen LogP contribution < -0.4 is 14.2 Å². The van der Waals surface area contributed by atoms with E-state index in [1.165, 1.54) is 36.0 Å². The number of alkyl halides is 5. The third kappa shape index (κ3) is 7.76. The molecule has 224 valence electrons. The summed E-state index contributed by atoms with van der Waals surface area (Å²) in [6.45, 7) is 0. The van der Waals surface area contributed by atoms with Crippen LogP contribution in [0.5, 0.6) is 23.0 Å². The molecule has 0 aromatic heterocycles. The number of hydrogen-bond donors (Lipinski definition) is 0. The fourth-order valence-electron chi connectivity index (χ4n) is 4.01. The summed E-state index contributed by atoms with van der Waals surface area (Å²) in [6.07, 6.45) is -9.84. The van der Waals surface area contributed by atoms with Crippen LogP contribution in [0.2, 0.25) is 0 Å². The lowest BCUT2D eigenvalue weighted by molar-refractivity contribution is -0.325. The summed E-state index contributed by atoms with van der Waals surface area (Å²) < 4.78 is 85.6. The normalized spacial score (nSPS) is 13.4. The number of para-hydroxylation sites is 1. The van der Waals surface area contributed by atoms with Gasteiger partial charge in [-0.15, -0.1) is 0 Å². The first-order valence-corrected chi connectivity index (χ1v) is 14.0. The third-order valence-corrected chi connectivity index (χ3v) is 7.12. The second-order valence-electron chi connectivity index (χ2n) is 9.37. The number of rotatable bonds is 11. The quantitative estimate of drug-likeness (QED) is 0.0834. The van der Waals surface area contributed by atoms with Gasteiger partial charge >= 0.3 is 18.4 Å². The molecule has 0 radical (unpaired) electrons. The second kappa shape index (κ2) is 13.2. The summed E-state index contributed by atoms with van der Waals surface area (Å²) in [6, 6.07) is 30.3.